The molecule has 2 fully saturated rings. The Labute approximate surface area is 241 Å². The van der Waals surface area contributed by atoms with Gasteiger partial charge >= 0.3 is 12.2 Å². The SMILES string of the molecule is O=C(CCCN1CC(c2cccc(C(F)(F)F)c2)N(c2ccc(Oc3ccc(Cl)cc3)cc2)C1=O)N1CCOCC1. The molecule has 0 radical (unpaired) electrons. The Balaban J connectivity index is 1.34. The average molecular weight is 588 g/mol. The summed E-state index contributed by atoms with van der Waals surface area (Å²) in [7, 11) is 0. The maximum Gasteiger partial charge on any atom is 0.416 e. The van der Waals surface area contributed by atoms with Crippen molar-refractivity contribution >= 4 is 29.2 Å². The number of amides is 3. The van der Waals surface area contributed by atoms with E-state index in [-0.39, 0.29) is 24.9 Å². The largest absolute Gasteiger partial charge is 0.457 e. The first-order chi connectivity index (χ1) is 19.7. The number of carbonyl (C=O) groups is 2. The number of alkyl halides is 3. The van der Waals surface area contributed by atoms with Gasteiger partial charge in [0, 0.05) is 43.3 Å². The quantitative estimate of drug-likeness (QED) is 0.292. The molecule has 1 atom stereocenters. The summed E-state index contributed by atoms with van der Waals surface area (Å²) in [5.74, 6) is 1.11. The molecule has 0 bridgehead atoms. The molecule has 11 heteroatoms. The van der Waals surface area contributed by atoms with Crippen LogP contribution in [0.5, 0.6) is 11.5 Å². The summed E-state index contributed by atoms with van der Waals surface area (Å²) in [6.45, 7) is 2.60. The molecule has 1 unspecified atom stereocenters. The van der Waals surface area contributed by atoms with Gasteiger partial charge in [-0.05, 0) is 72.6 Å². The maximum atomic E-state index is 13.6. The van der Waals surface area contributed by atoms with Crippen LogP contribution >= 0.6 is 11.6 Å². The van der Waals surface area contributed by atoms with Crippen molar-refractivity contribution < 1.29 is 32.2 Å². The fourth-order valence-corrected chi connectivity index (χ4v) is 5.14. The number of hydrogen-bond acceptors (Lipinski definition) is 4. The van der Waals surface area contributed by atoms with E-state index in [0.29, 0.717) is 67.0 Å². The van der Waals surface area contributed by atoms with Gasteiger partial charge in [-0.25, -0.2) is 4.79 Å². The van der Waals surface area contributed by atoms with Crippen LogP contribution in [0.2, 0.25) is 5.02 Å². The Kier molecular flexibility index (Phi) is 8.70. The number of halogens is 4. The number of nitrogens with zero attached hydrogens (tertiary/aromatic N) is 3. The molecule has 7 nitrogen and oxygen atoms in total. The number of anilines is 1. The molecule has 41 heavy (non-hydrogen) atoms. The maximum absolute atomic E-state index is 13.6. The molecule has 5 rings (SSSR count). The predicted octanol–water partition coefficient (Wildman–Crippen LogP) is 6.77. The van der Waals surface area contributed by atoms with Crippen LogP contribution in [0, 0.1) is 0 Å². The van der Waals surface area contributed by atoms with Gasteiger partial charge in [0.05, 0.1) is 24.8 Å². The van der Waals surface area contributed by atoms with Crippen molar-refractivity contribution in [2.24, 2.45) is 0 Å². The zero-order chi connectivity index (χ0) is 29.0. The summed E-state index contributed by atoms with van der Waals surface area (Å²) in [5, 5.41) is 0.580. The van der Waals surface area contributed by atoms with Gasteiger partial charge < -0.3 is 19.3 Å². The van der Waals surface area contributed by atoms with E-state index in [0.717, 1.165) is 12.1 Å². The summed E-state index contributed by atoms with van der Waals surface area (Å²) in [5.41, 5.74) is 0.123. The minimum atomic E-state index is -4.51. The molecule has 0 aliphatic carbocycles. The molecule has 2 saturated heterocycles. The number of morpholine rings is 1. The van der Waals surface area contributed by atoms with Crippen LogP contribution in [0.25, 0.3) is 0 Å². The Morgan fingerprint density at radius 3 is 2.29 bits per heavy atom. The highest BCUT2D eigenvalue weighted by Gasteiger charge is 2.40. The van der Waals surface area contributed by atoms with Crippen LogP contribution in [0.3, 0.4) is 0 Å². The number of carbonyl (C=O) groups excluding carboxylic acids is 2. The molecule has 216 valence electrons. The van der Waals surface area contributed by atoms with Crippen LogP contribution in [0.4, 0.5) is 23.7 Å². The highest BCUT2D eigenvalue weighted by Crippen LogP contribution is 2.38. The summed E-state index contributed by atoms with van der Waals surface area (Å²) in [4.78, 5) is 31.0. The van der Waals surface area contributed by atoms with E-state index in [9.17, 15) is 22.8 Å². The van der Waals surface area contributed by atoms with E-state index < -0.39 is 17.8 Å². The fourth-order valence-electron chi connectivity index (χ4n) is 5.01. The Bertz CT molecular complexity index is 1360. The van der Waals surface area contributed by atoms with Crippen LogP contribution in [-0.2, 0) is 15.7 Å². The number of hydrogen-bond donors (Lipinski definition) is 0. The van der Waals surface area contributed by atoms with E-state index in [4.69, 9.17) is 21.1 Å². The molecule has 2 aliphatic rings. The lowest BCUT2D eigenvalue weighted by molar-refractivity contribution is -0.137. The van der Waals surface area contributed by atoms with Gasteiger partial charge in [-0.15, -0.1) is 0 Å². The topological polar surface area (TPSA) is 62.3 Å². The van der Waals surface area contributed by atoms with E-state index in [2.05, 4.69) is 0 Å². The Morgan fingerprint density at radius 2 is 1.63 bits per heavy atom. The summed E-state index contributed by atoms with van der Waals surface area (Å²) in [6.07, 6.45) is -3.79. The van der Waals surface area contributed by atoms with Crippen molar-refractivity contribution in [1.29, 1.82) is 0 Å². The molecular formula is C30H29ClF3N3O4. The van der Waals surface area contributed by atoms with Crippen molar-refractivity contribution in [3.05, 3.63) is 88.9 Å². The third-order valence-electron chi connectivity index (χ3n) is 7.13. The van der Waals surface area contributed by atoms with Crippen LogP contribution in [0.1, 0.15) is 30.0 Å². The molecule has 0 spiro atoms. The fraction of sp³-hybridized carbons (Fsp3) is 0.333. The number of urea groups is 1. The second-order valence-corrected chi connectivity index (χ2v) is 10.3. The third-order valence-corrected chi connectivity index (χ3v) is 7.38. The molecular weight excluding hydrogens is 559 g/mol. The monoisotopic (exact) mass is 587 g/mol. The van der Waals surface area contributed by atoms with Crippen LogP contribution < -0.4 is 9.64 Å². The molecule has 3 aromatic carbocycles. The highest BCUT2D eigenvalue weighted by atomic mass is 35.5. The normalized spacial score (nSPS) is 17.7. The van der Waals surface area contributed by atoms with Crippen molar-refractivity contribution in [1.82, 2.24) is 9.80 Å². The van der Waals surface area contributed by atoms with Crippen molar-refractivity contribution in [2.75, 3.05) is 44.3 Å². The van der Waals surface area contributed by atoms with Gasteiger partial charge in [0.1, 0.15) is 11.5 Å². The van der Waals surface area contributed by atoms with Gasteiger partial charge in [0.2, 0.25) is 5.91 Å². The van der Waals surface area contributed by atoms with Crippen molar-refractivity contribution in [3.63, 3.8) is 0 Å². The van der Waals surface area contributed by atoms with Gasteiger partial charge in [-0.2, -0.15) is 13.2 Å². The van der Waals surface area contributed by atoms with Crippen molar-refractivity contribution in [2.45, 2.75) is 25.1 Å². The summed E-state index contributed by atoms with van der Waals surface area (Å²) < 4.78 is 51.7. The minimum absolute atomic E-state index is 0.00232. The molecule has 2 heterocycles. The second-order valence-electron chi connectivity index (χ2n) is 9.88. The van der Waals surface area contributed by atoms with E-state index in [1.165, 1.54) is 11.0 Å². The average Bonchev–Trinajstić information content (AvgIpc) is 3.30. The van der Waals surface area contributed by atoms with E-state index in [1.807, 2.05) is 0 Å². The van der Waals surface area contributed by atoms with Gasteiger partial charge in [0.25, 0.3) is 0 Å². The lowest BCUT2D eigenvalue weighted by atomic mass is 10.0. The lowest BCUT2D eigenvalue weighted by Crippen LogP contribution is -2.41. The first-order valence-electron chi connectivity index (χ1n) is 13.3. The van der Waals surface area contributed by atoms with Crippen molar-refractivity contribution in [3.8, 4) is 11.5 Å². The molecule has 0 N–H and O–H groups in total. The molecule has 0 saturated carbocycles. The molecule has 3 aromatic rings. The second kappa shape index (κ2) is 12.4. The van der Waals surface area contributed by atoms with Gasteiger partial charge in [0.15, 0.2) is 0 Å². The summed E-state index contributed by atoms with van der Waals surface area (Å²) in [6, 6.07) is 17.7. The molecule has 3 amide bonds. The number of benzene rings is 3. The predicted molar refractivity (Wildman–Crippen MR) is 148 cm³/mol. The van der Waals surface area contributed by atoms with Gasteiger partial charge in [-0.3, -0.25) is 9.69 Å². The number of rotatable bonds is 8. The highest BCUT2D eigenvalue weighted by molar-refractivity contribution is 6.30. The summed E-state index contributed by atoms with van der Waals surface area (Å²) >= 11 is 5.93. The zero-order valence-corrected chi connectivity index (χ0v) is 22.9. The van der Waals surface area contributed by atoms with Crippen LogP contribution in [-0.4, -0.2) is 61.1 Å². The van der Waals surface area contributed by atoms with E-state index >= 15 is 0 Å². The third kappa shape index (κ3) is 6.94. The molecule has 2 aliphatic heterocycles. The van der Waals surface area contributed by atoms with Gasteiger partial charge in [-0.1, -0.05) is 23.7 Å². The Hall–Kier alpha value is -3.76. The molecule has 0 aromatic heterocycles. The first kappa shape index (κ1) is 28.8. The lowest BCUT2D eigenvalue weighted by Gasteiger charge is -2.27. The number of ether oxygens (including phenoxy) is 2. The zero-order valence-electron chi connectivity index (χ0n) is 22.1. The smallest absolute Gasteiger partial charge is 0.416 e. The van der Waals surface area contributed by atoms with Crippen LogP contribution in [0.15, 0.2) is 72.8 Å². The minimum Gasteiger partial charge on any atom is -0.457 e. The Morgan fingerprint density at radius 1 is 0.976 bits per heavy atom. The standard InChI is InChI=1S/C30H29ClF3N3O4/c31-23-6-10-25(11-7-23)41-26-12-8-24(9-13-26)37-27(21-3-1-4-22(19-21)30(32,33)34)20-36(29(37)39)14-2-5-28(38)35-15-17-40-18-16-35/h1,3-4,6-13,19,27H,2,5,14-18,20H2. The first-order valence-corrected chi connectivity index (χ1v) is 13.7. The van der Waals surface area contributed by atoms with E-state index in [1.54, 1.807) is 64.4 Å².